The van der Waals surface area contributed by atoms with Crippen LogP contribution in [-0.4, -0.2) is 55.5 Å². The number of hydrogen-bond acceptors (Lipinski definition) is 5. The van der Waals surface area contributed by atoms with Crippen LogP contribution in [0.4, 0.5) is 0 Å². The topological polar surface area (TPSA) is 97.7 Å². The number of rotatable bonds is 5. The fraction of sp³-hybridized carbons (Fsp3) is 0.524. The second-order valence-corrected chi connectivity index (χ2v) is 9.91. The summed E-state index contributed by atoms with van der Waals surface area (Å²) < 4.78 is 34.7. The Morgan fingerprint density at radius 2 is 1.97 bits per heavy atom. The number of carbonyl (C=O) groups is 1. The van der Waals surface area contributed by atoms with Crippen LogP contribution in [0.15, 0.2) is 34.1 Å². The molecule has 0 unspecified atom stereocenters. The highest BCUT2D eigenvalue weighted by Crippen LogP contribution is 2.23. The first-order valence-electron chi connectivity index (χ1n) is 10.4. The zero-order valence-corrected chi connectivity index (χ0v) is 17.9. The van der Waals surface area contributed by atoms with Crippen LogP contribution in [0.3, 0.4) is 0 Å². The average molecular weight is 434 g/mol. The van der Waals surface area contributed by atoms with Crippen molar-refractivity contribution in [2.75, 3.05) is 26.2 Å². The third kappa shape index (κ3) is 4.01. The molecule has 1 amide bonds. The van der Waals surface area contributed by atoms with Crippen LogP contribution in [0, 0.1) is 0 Å². The van der Waals surface area contributed by atoms with Crippen molar-refractivity contribution in [3.05, 3.63) is 40.2 Å². The highest BCUT2D eigenvalue weighted by atomic mass is 32.2. The van der Waals surface area contributed by atoms with Crippen LogP contribution < -0.4 is 10.7 Å². The number of carbonyl (C=O) groups excluding carboxylic acids is 1. The molecule has 162 valence electrons. The molecule has 0 radical (unpaired) electrons. The number of sulfonamides is 1. The second kappa shape index (κ2) is 8.49. The standard InChI is InChI=1S/C21H27N3O5S/c1-23-14-18(21(26)22-13-15-6-5-11-29-15)20(25)17-12-16(7-8-19(17)23)30(27,28)24-9-3-2-4-10-24/h7-8,12,14-15H,2-6,9-11,13H2,1H3,(H,22,26)/t15-/m1/s1. The van der Waals surface area contributed by atoms with Crippen molar-refractivity contribution in [2.45, 2.75) is 43.1 Å². The van der Waals surface area contributed by atoms with Crippen molar-refractivity contribution in [3.8, 4) is 0 Å². The van der Waals surface area contributed by atoms with Gasteiger partial charge >= 0.3 is 0 Å². The molecular weight excluding hydrogens is 406 g/mol. The van der Waals surface area contributed by atoms with E-state index in [1.165, 1.54) is 22.6 Å². The Morgan fingerprint density at radius 1 is 1.20 bits per heavy atom. The minimum absolute atomic E-state index is 0.00415. The lowest BCUT2D eigenvalue weighted by Crippen LogP contribution is -2.36. The molecule has 3 heterocycles. The van der Waals surface area contributed by atoms with Crippen LogP contribution in [0.25, 0.3) is 10.9 Å². The molecule has 2 fully saturated rings. The molecule has 0 saturated carbocycles. The van der Waals surface area contributed by atoms with E-state index in [1.54, 1.807) is 17.7 Å². The maximum Gasteiger partial charge on any atom is 0.256 e. The van der Waals surface area contributed by atoms with Gasteiger partial charge in [0, 0.05) is 44.9 Å². The highest BCUT2D eigenvalue weighted by molar-refractivity contribution is 7.89. The van der Waals surface area contributed by atoms with Gasteiger partial charge in [-0.25, -0.2) is 8.42 Å². The van der Waals surface area contributed by atoms with Gasteiger partial charge in [-0.3, -0.25) is 9.59 Å². The lowest BCUT2D eigenvalue weighted by atomic mass is 10.1. The summed E-state index contributed by atoms with van der Waals surface area (Å²) in [4.78, 5) is 25.8. The normalized spacial score (nSPS) is 20.5. The molecule has 8 nitrogen and oxygen atoms in total. The summed E-state index contributed by atoms with van der Waals surface area (Å²) in [6, 6.07) is 4.56. The van der Waals surface area contributed by atoms with Crippen molar-refractivity contribution in [1.29, 1.82) is 0 Å². The molecule has 0 aliphatic carbocycles. The molecule has 0 spiro atoms. The maximum absolute atomic E-state index is 13.1. The number of pyridine rings is 1. The second-order valence-electron chi connectivity index (χ2n) is 7.97. The van der Waals surface area contributed by atoms with E-state index in [9.17, 15) is 18.0 Å². The summed E-state index contributed by atoms with van der Waals surface area (Å²) in [6.45, 7) is 2.02. The molecule has 1 aromatic heterocycles. The predicted molar refractivity (Wildman–Crippen MR) is 113 cm³/mol. The number of amides is 1. The van der Waals surface area contributed by atoms with Gasteiger partial charge in [0.1, 0.15) is 5.56 Å². The molecule has 2 aromatic rings. The summed E-state index contributed by atoms with van der Waals surface area (Å²) in [6.07, 6.45) is 6.01. The number of aromatic nitrogens is 1. The Kier molecular flexibility index (Phi) is 5.95. The lowest BCUT2D eigenvalue weighted by molar-refractivity contribution is 0.0856. The number of nitrogens with zero attached hydrogens (tertiary/aromatic N) is 2. The van der Waals surface area contributed by atoms with Gasteiger partial charge < -0.3 is 14.6 Å². The van der Waals surface area contributed by atoms with E-state index in [4.69, 9.17) is 4.74 Å². The summed E-state index contributed by atoms with van der Waals surface area (Å²) >= 11 is 0. The molecule has 30 heavy (non-hydrogen) atoms. The number of piperidine rings is 1. The van der Waals surface area contributed by atoms with Crippen molar-refractivity contribution in [1.82, 2.24) is 14.2 Å². The van der Waals surface area contributed by atoms with E-state index >= 15 is 0 Å². The minimum atomic E-state index is -3.67. The monoisotopic (exact) mass is 433 g/mol. The van der Waals surface area contributed by atoms with Gasteiger partial charge in [0.2, 0.25) is 15.5 Å². The van der Waals surface area contributed by atoms with E-state index in [0.29, 0.717) is 31.8 Å². The van der Waals surface area contributed by atoms with Crippen LogP contribution >= 0.6 is 0 Å². The van der Waals surface area contributed by atoms with E-state index in [0.717, 1.165) is 32.1 Å². The molecule has 0 bridgehead atoms. The number of benzene rings is 1. The fourth-order valence-electron chi connectivity index (χ4n) is 4.16. The summed E-state index contributed by atoms with van der Waals surface area (Å²) in [7, 11) is -1.94. The van der Waals surface area contributed by atoms with Crippen molar-refractivity contribution in [3.63, 3.8) is 0 Å². The summed E-state index contributed by atoms with van der Waals surface area (Å²) in [5.41, 5.74) is 0.104. The van der Waals surface area contributed by atoms with Gasteiger partial charge in [-0.15, -0.1) is 0 Å². The molecule has 1 N–H and O–H groups in total. The quantitative estimate of drug-likeness (QED) is 0.773. The molecule has 2 aliphatic heterocycles. The SMILES string of the molecule is Cn1cc(C(=O)NC[C@H]2CCCO2)c(=O)c2cc(S(=O)(=O)N3CCCCC3)ccc21. The smallest absolute Gasteiger partial charge is 0.256 e. The lowest BCUT2D eigenvalue weighted by Gasteiger charge is -2.26. The third-order valence-electron chi connectivity index (χ3n) is 5.87. The molecular formula is C21H27N3O5S. The zero-order chi connectivity index (χ0) is 21.3. The van der Waals surface area contributed by atoms with E-state index in [2.05, 4.69) is 5.32 Å². The first-order chi connectivity index (χ1) is 14.4. The molecule has 4 rings (SSSR count). The van der Waals surface area contributed by atoms with Gasteiger partial charge in [-0.2, -0.15) is 4.31 Å². The van der Waals surface area contributed by atoms with Gasteiger partial charge in [-0.1, -0.05) is 6.42 Å². The molecule has 2 saturated heterocycles. The molecule has 9 heteroatoms. The molecule has 2 aliphatic rings. The van der Waals surface area contributed by atoms with Gasteiger partial charge in [0.05, 0.1) is 16.5 Å². The summed E-state index contributed by atoms with van der Waals surface area (Å²) in [5, 5.41) is 2.99. The molecule has 1 atom stereocenters. The number of aryl methyl sites for hydroxylation is 1. The van der Waals surface area contributed by atoms with Crippen LogP contribution in [0.1, 0.15) is 42.5 Å². The number of hydrogen-bond donors (Lipinski definition) is 1. The van der Waals surface area contributed by atoms with E-state index in [1.807, 2.05) is 0 Å². The number of nitrogens with one attached hydrogen (secondary N) is 1. The Morgan fingerprint density at radius 3 is 2.67 bits per heavy atom. The van der Waals surface area contributed by atoms with Crippen LogP contribution in [-0.2, 0) is 21.8 Å². The fourth-order valence-corrected chi connectivity index (χ4v) is 5.70. The van der Waals surface area contributed by atoms with Crippen LogP contribution in [0.2, 0.25) is 0 Å². The first-order valence-corrected chi connectivity index (χ1v) is 11.9. The number of ether oxygens (including phenoxy) is 1. The first kappa shape index (κ1) is 21.0. The average Bonchev–Trinajstić information content (AvgIpc) is 3.28. The Bertz CT molecular complexity index is 1110. The largest absolute Gasteiger partial charge is 0.376 e. The van der Waals surface area contributed by atoms with Gasteiger partial charge in [-0.05, 0) is 43.9 Å². The highest BCUT2D eigenvalue weighted by Gasteiger charge is 2.27. The van der Waals surface area contributed by atoms with Gasteiger partial charge in [0.15, 0.2) is 0 Å². The Balaban J connectivity index is 1.67. The van der Waals surface area contributed by atoms with Crippen molar-refractivity contribution >= 4 is 26.8 Å². The Hall–Kier alpha value is -2.23. The van der Waals surface area contributed by atoms with Crippen molar-refractivity contribution < 1.29 is 17.9 Å². The van der Waals surface area contributed by atoms with Gasteiger partial charge in [0.25, 0.3) is 5.91 Å². The molecule has 1 aromatic carbocycles. The minimum Gasteiger partial charge on any atom is -0.376 e. The maximum atomic E-state index is 13.1. The zero-order valence-electron chi connectivity index (χ0n) is 17.1. The van der Waals surface area contributed by atoms with E-state index in [-0.39, 0.29) is 21.9 Å². The number of fused-ring (bicyclic) bond motifs is 1. The predicted octanol–water partition coefficient (Wildman–Crippen LogP) is 1.62. The van der Waals surface area contributed by atoms with E-state index < -0.39 is 21.4 Å². The summed E-state index contributed by atoms with van der Waals surface area (Å²) in [5.74, 6) is -0.475. The van der Waals surface area contributed by atoms with Crippen molar-refractivity contribution in [2.24, 2.45) is 7.05 Å². The Labute approximate surface area is 175 Å². The third-order valence-corrected chi connectivity index (χ3v) is 7.77. The van der Waals surface area contributed by atoms with Crippen LogP contribution in [0.5, 0.6) is 0 Å².